The van der Waals surface area contributed by atoms with Gasteiger partial charge in [-0.3, -0.25) is 9.59 Å². The van der Waals surface area contributed by atoms with E-state index >= 15 is 4.79 Å². The van der Waals surface area contributed by atoms with Crippen molar-refractivity contribution < 1.29 is 9.59 Å². The van der Waals surface area contributed by atoms with Gasteiger partial charge < -0.3 is 10.3 Å². The van der Waals surface area contributed by atoms with Gasteiger partial charge in [0.2, 0.25) is 5.91 Å². The Labute approximate surface area is 255 Å². The van der Waals surface area contributed by atoms with Gasteiger partial charge in [0.1, 0.15) is 11.5 Å². The van der Waals surface area contributed by atoms with Gasteiger partial charge in [-0.05, 0) is 83.8 Å². The minimum atomic E-state index is -1.65. The number of nitrogens with zero attached hydrogens (tertiary/aromatic N) is 2. The Hall–Kier alpha value is -4.79. The van der Waals surface area contributed by atoms with Crippen molar-refractivity contribution in [3.05, 3.63) is 141 Å². The molecule has 1 amide bonds. The minimum Gasteiger partial charge on any atom is -0.307 e. The zero-order chi connectivity index (χ0) is 29.9. The first-order valence-electron chi connectivity index (χ1n) is 14.4. The number of rotatable bonds is 4. The molecule has 3 atom stereocenters. The highest BCUT2D eigenvalue weighted by atomic mass is 35.5. The summed E-state index contributed by atoms with van der Waals surface area (Å²) in [6.07, 6.45) is 1.29. The Morgan fingerprint density at radius 1 is 1.02 bits per heavy atom. The van der Waals surface area contributed by atoms with Gasteiger partial charge in [0.05, 0.1) is 23.7 Å². The Balaban J connectivity index is 1.53. The lowest BCUT2D eigenvalue weighted by Crippen LogP contribution is -2.59. The van der Waals surface area contributed by atoms with Gasteiger partial charge in [-0.1, -0.05) is 83.9 Å². The predicted molar refractivity (Wildman–Crippen MR) is 168 cm³/mol. The molecule has 43 heavy (non-hydrogen) atoms. The van der Waals surface area contributed by atoms with Crippen LogP contribution >= 0.6 is 11.6 Å². The number of amides is 1. The highest BCUT2D eigenvalue weighted by Crippen LogP contribution is 2.59. The van der Waals surface area contributed by atoms with Crippen molar-refractivity contribution in [2.24, 2.45) is 11.8 Å². The van der Waals surface area contributed by atoms with Crippen LogP contribution in [-0.4, -0.2) is 17.4 Å². The number of carbonyl (C=O) groups is 2. The van der Waals surface area contributed by atoms with Crippen LogP contribution in [0.5, 0.6) is 0 Å². The molecule has 1 N–H and O–H groups in total. The number of carbonyl (C=O) groups excluding carboxylic acids is 2. The highest BCUT2D eigenvalue weighted by molar-refractivity contribution is 6.34. The third kappa shape index (κ3) is 3.94. The second kappa shape index (κ2) is 10.2. The Morgan fingerprint density at radius 3 is 2.49 bits per heavy atom. The van der Waals surface area contributed by atoms with Crippen LogP contribution in [0.1, 0.15) is 44.6 Å². The van der Waals surface area contributed by atoms with Gasteiger partial charge in [-0.2, -0.15) is 5.26 Å². The lowest BCUT2D eigenvalue weighted by atomic mass is 9.52. The lowest BCUT2D eigenvalue weighted by Gasteiger charge is -2.47. The molecule has 6 heteroatoms. The molecule has 4 aromatic rings. The van der Waals surface area contributed by atoms with Gasteiger partial charge in [0.25, 0.3) is 0 Å². The minimum absolute atomic E-state index is 0.0994. The Bertz CT molecular complexity index is 1900. The monoisotopic (exact) mass is 581 g/mol. The van der Waals surface area contributed by atoms with E-state index in [4.69, 9.17) is 11.6 Å². The SMILES string of the molecule is Cc1ccc2c(c1)[C@]1(C(=N)C(C#N)=C3c4ccccc4CC[C@@H]3[C@H]1C(=O)c1ccc(Cl)cc1)C(=O)N2Cc1ccccc1. The number of hydrogen-bond donors (Lipinski definition) is 1. The number of aryl methyl sites for hydroxylation is 2. The number of benzene rings is 4. The van der Waals surface area contributed by atoms with Gasteiger partial charge in [0, 0.05) is 16.3 Å². The van der Waals surface area contributed by atoms with Crippen molar-refractivity contribution in [1.29, 1.82) is 10.7 Å². The van der Waals surface area contributed by atoms with E-state index in [0.29, 0.717) is 46.8 Å². The highest BCUT2D eigenvalue weighted by Gasteiger charge is 2.66. The Morgan fingerprint density at radius 2 is 1.74 bits per heavy atom. The zero-order valence-electron chi connectivity index (χ0n) is 23.6. The lowest BCUT2D eigenvalue weighted by molar-refractivity contribution is -0.122. The summed E-state index contributed by atoms with van der Waals surface area (Å²) in [5, 5.41) is 20.9. The summed E-state index contributed by atoms with van der Waals surface area (Å²) in [4.78, 5) is 31.7. The van der Waals surface area contributed by atoms with E-state index in [1.807, 2.05) is 79.7 Å². The molecule has 0 saturated carbocycles. The average Bonchev–Trinajstić information content (AvgIpc) is 3.25. The van der Waals surface area contributed by atoms with Crippen molar-refractivity contribution in [3.8, 4) is 6.07 Å². The van der Waals surface area contributed by atoms with Crippen molar-refractivity contribution in [2.45, 2.75) is 31.7 Å². The topological polar surface area (TPSA) is 85.0 Å². The zero-order valence-corrected chi connectivity index (χ0v) is 24.4. The van der Waals surface area contributed by atoms with Crippen LogP contribution in [-0.2, 0) is 23.2 Å². The van der Waals surface area contributed by atoms with Gasteiger partial charge in [-0.15, -0.1) is 0 Å². The fourth-order valence-electron chi connectivity index (χ4n) is 7.49. The van der Waals surface area contributed by atoms with Gasteiger partial charge in [0.15, 0.2) is 5.78 Å². The molecule has 0 aromatic heterocycles. The number of fused-ring (bicyclic) bond motifs is 5. The molecule has 0 radical (unpaired) electrons. The molecule has 3 aliphatic rings. The number of Topliss-reactive ketones (excluding diaryl/α,β-unsaturated/α-hetero) is 1. The molecule has 0 fully saturated rings. The van der Waals surface area contributed by atoms with Gasteiger partial charge >= 0.3 is 0 Å². The van der Waals surface area contributed by atoms with E-state index in [2.05, 4.69) is 6.07 Å². The largest absolute Gasteiger partial charge is 0.307 e. The fourth-order valence-corrected chi connectivity index (χ4v) is 7.62. The molecule has 1 spiro atoms. The summed E-state index contributed by atoms with van der Waals surface area (Å²) in [6, 6.07) is 32.5. The molecule has 7 rings (SSSR count). The third-order valence-electron chi connectivity index (χ3n) is 9.34. The summed E-state index contributed by atoms with van der Waals surface area (Å²) in [5.41, 5.74) is 4.70. The van der Waals surface area contributed by atoms with Gasteiger partial charge in [-0.25, -0.2) is 0 Å². The number of ketones is 1. The van der Waals surface area contributed by atoms with Crippen LogP contribution in [0.2, 0.25) is 5.02 Å². The summed E-state index contributed by atoms with van der Waals surface area (Å²) < 4.78 is 0. The van der Waals surface area contributed by atoms with E-state index < -0.39 is 17.3 Å². The van der Waals surface area contributed by atoms with Crippen molar-refractivity contribution in [3.63, 3.8) is 0 Å². The first kappa shape index (κ1) is 27.1. The van der Waals surface area contributed by atoms with Crippen LogP contribution in [0.4, 0.5) is 5.69 Å². The number of anilines is 1. The molecule has 0 unspecified atom stereocenters. The van der Waals surface area contributed by atoms with E-state index in [-0.39, 0.29) is 23.0 Å². The quantitative estimate of drug-likeness (QED) is 0.253. The van der Waals surface area contributed by atoms with Crippen LogP contribution in [0.25, 0.3) is 5.57 Å². The summed E-state index contributed by atoms with van der Waals surface area (Å²) in [7, 11) is 0. The molecule has 1 aliphatic heterocycles. The molecule has 0 saturated heterocycles. The first-order chi connectivity index (χ1) is 20.9. The normalized spacial score (nSPS) is 22.2. The smallest absolute Gasteiger partial charge is 0.244 e. The van der Waals surface area contributed by atoms with E-state index in [1.165, 1.54) is 0 Å². The first-order valence-corrected chi connectivity index (χ1v) is 14.8. The number of halogens is 1. The average molecular weight is 582 g/mol. The predicted octanol–water partition coefficient (Wildman–Crippen LogP) is 7.51. The maximum absolute atomic E-state index is 15.1. The van der Waals surface area contributed by atoms with E-state index in [9.17, 15) is 15.5 Å². The molecule has 4 aromatic carbocycles. The third-order valence-corrected chi connectivity index (χ3v) is 9.59. The molecule has 1 heterocycles. The van der Waals surface area contributed by atoms with Crippen molar-refractivity contribution >= 4 is 40.3 Å². The molecule has 210 valence electrons. The summed E-state index contributed by atoms with van der Waals surface area (Å²) in [6.45, 7) is 2.24. The maximum Gasteiger partial charge on any atom is 0.244 e. The van der Waals surface area contributed by atoms with Crippen LogP contribution < -0.4 is 4.90 Å². The number of nitriles is 1. The molecule has 5 nitrogen and oxygen atoms in total. The standard InChI is InChI=1S/C37H28ClN3O2/c1-22-11-18-31-30(19-22)37(36(43)41(31)21-23-7-3-2-4-8-23)33(34(42)25-12-15-26(38)16-13-25)28-17-14-24-9-5-6-10-27(24)32(28)29(20-39)35(37)40/h2-13,15-16,18-19,28,33,40H,14,17,21H2,1H3/t28-,33-,37-/m0/s1. The Kier molecular flexibility index (Phi) is 6.41. The van der Waals surface area contributed by atoms with Crippen molar-refractivity contribution in [1.82, 2.24) is 0 Å². The number of allylic oxidation sites excluding steroid dienone is 2. The van der Waals surface area contributed by atoms with E-state index in [0.717, 1.165) is 22.3 Å². The van der Waals surface area contributed by atoms with Crippen LogP contribution in [0, 0.1) is 35.5 Å². The molecular weight excluding hydrogens is 554 g/mol. The summed E-state index contributed by atoms with van der Waals surface area (Å²) >= 11 is 6.20. The van der Waals surface area contributed by atoms with Crippen molar-refractivity contribution in [2.75, 3.05) is 4.90 Å². The second-order valence-corrected chi connectivity index (χ2v) is 12.1. The maximum atomic E-state index is 15.1. The molecule has 0 bridgehead atoms. The number of hydrogen-bond acceptors (Lipinski definition) is 4. The van der Waals surface area contributed by atoms with E-state index in [1.54, 1.807) is 29.2 Å². The number of nitrogens with one attached hydrogen (secondary N) is 1. The van der Waals surface area contributed by atoms with Crippen LogP contribution in [0.15, 0.2) is 103 Å². The fraction of sp³-hybridized carbons (Fsp3) is 0.189. The second-order valence-electron chi connectivity index (χ2n) is 11.6. The molecular formula is C37H28ClN3O2. The summed E-state index contributed by atoms with van der Waals surface area (Å²) in [5.74, 6) is -1.91. The molecule has 2 aliphatic carbocycles. The van der Waals surface area contributed by atoms with Crippen LogP contribution in [0.3, 0.4) is 0 Å².